The maximum absolute atomic E-state index is 11.7. The Kier molecular flexibility index (Phi) is 3.57. The van der Waals surface area contributed by atoms with Crippen LogP contribution in [0, 0.1) is 11.8 Å². The topological polar surface area (TPSA) is 26.3 Å². The molecule has 1 saturated carbocycles. The number of ketones is 1. The van der Waals surface area contributed by atoms with Gasteiger partial charge in [0.15, 0.2) is 0 Å². The van der Waals surface area contributed by atoms with Crippen LogP contribution in [0.4, 0.5) is 0 Å². The van der Waals surface area contributed by atoms with Gasteiger partial charge in [-0.1, -0.05) is 25.7 Å². The van der Waals surface area contributed by atoms with Gasteiger partial charge in [0.2, 0.25) is 0 Å². The van der Waals surface area contributed by atoms with Crippen molar-refractivity contribution in [3.05, 3.63) is 0 Å². The maximum Gasteiger partial charge on any atom is 0.133 e. The van der Waals surface area contributed by atoms with Crippen LogP contribution in [0.2, 0.25) is 0 Å². The lowest BCUT2D eigenvalue weighted by atomic mass is 9.94. The smallest absolute Gasteiger partial charge is 0.133 e. The first-order chi connectivity index (χ1) is 6.84. The molecule has 1 saturated heterocycles. The monoisotopic (exact) mass is 196 g/mol. The molecule has 1 heterocycles. The molecular weight excluding hydrogens is 176 g/mol. The first-order valence-corrected chi connectivity index (χ1v) is 5.94. The molecule has 0 aromatic rings. The lowest BCUT2D eigenvalue weighted by Gasteiger charge is -2.10. The third kappa shape index (κ3) is 2.81. The summed E-state index contributed by atoms with van der Waals surface area (Å²) in [4.78, 5) is 11.7. The Hall–Kier alpha value is -0.370. The van der Waals surface area contributed by atoms with E-state index in [1.165, 1.54) is 25.7 Å². The number of carbonyl (C=O) groups excluding carboxylic acids is 1. The van der Waals surface area contributed by atoms with Crippen LogP contribution in [0.25, 0.3) is 0 Å². The summed E-state index contributed by atoms with van der Waals surface area (Å²) < 4.78 is 5.28. The van der Waals surface area contributed by atoms with Gasteiger partial charge in [-0.3, -0.25) is 4.79 Å². The highest BCUT2D eigenvalue weighted by Gasteiger charge is 2.22. The average molecular weight is 196 g/mol. The maximum atomic E-state index is 11.7. The molecule has 0 N–H and O–H groups in total. The molecule has 14 heavy (non-hydrogen) atoms. The van der Waals surface area contributed by atoms with Crippen molar-refractivity contribution in [2.24, 2.45) is 11.8 Å². The molecule has 0 aromatic carbocycles. The Balaban J connectivity index is 1.66. The van der Waals surface area contributed by atoms with Gasteiger partial charge in [-0.15, -0.1) is 0 Å². The van der Waals surface area contributed by atoms with Crippen molar-refractivity contribution in [1.82, 2.24) is 0 Å². The molecular formula is C12H20O2. The van der Waals surface area contributed by atoms with Gasteiger partial charge in [-0.2, -0.15) is 0 Å². The number of rotatable bonds is 4. The number of Topliss-reactive ketones (excluding diaryl/α,β-unsaturated/α-hetero) is 1. The Morgan fingerprint density at radius 1 is 1.07 bits per heavy atom. The van der Waals surface area contributed by atoms with E-state index in [1.807, 2.05) is 0 Å². The van der Waals surface area contributed by atoms with Crippen molar-refractivity contribution in [2.75, 3.05) is 13.2 Å². The molecule has 1 unspecified atom stereocenters. The predicted molar refractivity (Wildman–Crippen MR) is 55.1 cm³/mol. The van der Waals surface area contributed by atoms with E-state index >= 15 is 0 Å². The van der Waals surface area contributed by atoms with Gasteiger partial charge in [0.1, 0.15) is 5.78 Å². The largest absolute Gasteiger partial charge is 0.381 e. The first kappa shape index (κ1) is 10.2. The predicted octanol–water partition coefficient (Wildman–Crippen LogP) is 2.56. The van der Waals surface area contributed by atoms with Gasteiger partial charge in [0.05, 0.1) is 0 Å². The zero-order valence-corrected chi connectivity index (χ0v) is 8.84. The zero-order chi connectivity index (χ0) is 9.80. The highest BCUT2D eigenvalue weighted by molar-refractivity contribution is 5.78. The Labute approximate surface area is 86.0 Å². The van der Waals surface area contributed by atoms with Crippen molar-refractivity contribution in [2.45, 2.75) is 44.9 Å². The van der Waals surface area contributed by atoms with E-state index < -0.39 is 0 Å². The number of carbonyl (C=O) groups is 1. The molecule has 80 valence electrons. The average Bonchev–Trinajstić information content (AvgIpc) is 2.76. The summed E-state index contributed by atoms with van der Waals surface area (Å²) >= 11 is 0. The first-order valence-electron chi connectivity index (χ1n) is 5.94. The number of ether oxygens (including phenoxy) is 1. The van der Waals surface area contributed by atoms with Crippen LogP contribution in [-0.4, -0.2) is 19.0 Å². The summed E-state index contributed by atoms with van der Waals surface area (Å²) in [7, 11) is 0. The Bertz CT molecular complexity index is 168. The van der Waals surface area contributed by atoms with Crippen molar-refractivity contribution >= 4 is 5.78 Å². The highest BCUT2D eigenvalue weighted by Crippen LogP contribution is 2.29. The molecule has 2 rings (SSSR count). The fraction of sp³-hybridized carbons (Fsp3) is 0.917. The van der Waals surface area contributed by atoms with E-state index in [9.17, 15) is 4.79 Å². The van der Waals surface area contributed by atoms with Crippen molar-refractivity contribution < 1.29 is 9.53 Å². The van der Waals surface area contributed by atoms with E-state index in [0.717, 1.165) is 32.5 Å². The van der Waals surface area contributed by atoms with E-state index in [2.05, 4.69) is 0 Å². The molecule has 0 amide bonds. The fourth-order valence-corrected chi connectivity index (χ4v) is 2.69. The molecule has 1 atom stereocenters. The summed E-state index contributed by atoms with van der Waals surface area (Å²) in [6, 6.07) is 0. The minimum Gasteiger partial charge on any atom is -0.381 e. The standard InChI is InChI=1S/C12H20O2/c13-12(7-10-3-1-2-4-10)8-11-5-6-14-9-11/h10-11H,1-9H2. The molecule has 2 aliphatic rings. The summed E-state index contributed by atoms with van der Waals surface area (Å²) in [5, 5.41) is 0. The normalized spacial score (nSPS) is 28.4. The molecule has 0 bridgehead atoms. The SMILES string of the molecule is O=C(CC1CCCC1)CC1CCOC1. The van der Waals surface area contributed by atoms with Crippen LogP contribution in [0.15, 0.2) is 0 Å². The molecule has 1 aliphatic heterocycles. The lowest BCUT2D eigenvalue weighted by molar-refractivity contribution is -0.120. The number of hydrogen-bond donors (Lipinski definition) is 0. The van der Waals surface area contributed by atoms with Crippen molar-refractivity contribution in [3.63, 3.8) is 0 Å². The van der Waals surface area contributed by atoms with Gasteiger partial charge in [-0.05, 0) is 18.3 Å². The van der Waals surface area contributed by atoms with Crippen LogP contribution < -0.4 is 0 Å². The molecule has 0 spiro atoms. The fourth-order valence-electron chi connectivity index (χ4n) is 2.69. The molecule has 1 aliphatic carbocycles. The van der Waals surface area contributed by atoms with Gasteiger partial charge in [0, 0.05) is 26.1 Å². The molecule has 0 aromatic heterocycles. The van der Waals surface area contributed by atoms with Crippen LogP contribution in [0.5, 0.6) is 0 Å². The van der Waals surface area contributed by atoms with Crippen LogP contribution in [-0.2, 0) is 9.53 Å². The van der Waals surface area contributed by atoms with Crippen LogP contribution in [0.3, 0.4) is 0 Å². The molecule has 0 radical (unpaired) electrons. The van der Waals surface area contributed by atoms with Gasteiger partial charge < -0.3 is 4.74 Å². The van der Waals surface area contributed by atoms with E-state index in [0.29, 0.717) is 17.6 Å². The number of hydrogen-bond acceptors (Lipinski definition) is 2. The minimum atomic E-state index is 0.479. The second-order valence-corrected chi connectivity index (χ2v) is 4.83. The van der Waals surface area contributed by atoms with E-state index in [-0.39, 0.29) is 0 Å². The van der Waals surface area contributed by atoms with Gasteiger partial charge in [-0.25, -0.2) is 0 Å². The van der Waals surface area contributed by atoms with Crippen molar-refractivity contribution in [1.29, 1.82) is 0 Å². The Morgan fingerprint density at radius 3 is 2.43 bits per heavy atom. The molecule has 2 heteroatoms. The quantitative estimate of drug-likeness (QED) is 0.690. The summed E-state index contributed by atoms with van der Waals surface area (Å²) in [5.41, 5.74) is 0. The van der Waals surface area contributed by atoms with Gasteiger partial charge in [0.25, 0.3) is 0 Å². The second-order valence-electron chi connectivity index (χ2n) is 4.83. The third-order valence-electron chi connectivity index (χ3n) is 3.53. The lowest BCUT2D eigenvalue weighted by Crippen LogP contribution is -2.11. The Morgan fingerprint density at radius 2 is 1.79 bits per heavy atom. The van der Waals surface area contributed by atoms with Crippen LogP contribution in [0.1, 0.15) is 44.9 Å². The second kappa shape index (κ2) is 4.92. The van der Waals surface area contributed by atoms with Crippen molar-refractivity contribution in [3.8, 4) is 0 Å². The summed E-state index contributed by atoms with van der Waals surface area (Å²) in [6.07, 6.45) is 7.96. The molecule has 2 nitrogen and oxygen atoms in total. The van der Waals surface area contributed by atoms with Gasteiger partial charge >= 0.3 is 0 Å². The summed E-state index contributed by atoms with van der Waals surface area (Å²) in [6.45, 7) is 1.68. The third-order valence-corrected chi connectivity index (χ3v) is 3.53. The molecule has 2 fully saturated rings. The van der Waals surface area contributed by atoms with Crippen LogP contribution >= 0.6 is 0 Å². The minimum absolute atomic E-state index is 0.479. The highest BCUT2D eigenvalue weighted by atomic mass is 16.5. The summed E-state index contributed by atoms with van der Waals surface area (Å²) in [5.74, 6) is 1.72. The van der Waals surface area contributed by atoms with E-state index in [4.69, 9.17) is 4.74 Å². The zero-order valence-electron chi connectivity index (χ0n) is 8.84. The van der Waals surface area contributed by atoms with E-state index in [1.54, 1.807) is 0 Å².